The first kappa shape index (κ1) is 13.2. The smallest absolute Gasteiger partial charge is 0.416 e. The molecule has 2 rings (SSSR count). The molecule has 1 saturated heterocycles. The van der Waals surface area contributed by atoms with Gasteiger partial charge in [0.05, 0.1) is 18.2 Å². The van der Waals surface area contributed by atoms with Crippen LogP contribution in [0.1, 0.15) is 23.6 Å². The molecule has 1 aliphatic heterocycles. The average molecular weight is 324 g/mol. The van der Waals surface area contributed by atoms with Crippen LogP contribution < -0.4 is 5.32 Å². The quantitative estimate of drug-likeness (QED) is 0.856. The highest BCUT2D eigenvalue weighted by Gasteiger charge is 2.32. The van der Waals surface area contributed by atoms with Crippen LogP contribution in [-0.2, 0) is 10.9 Å². The molecule has 1 aliphatic rings. The van der Waals surface area contributed by atoms with Crippen LogP contribution in [0.15, 0.2) is 22.7 Å². The van der Waals surface area contributed by atoms with Gasteiger partial charge in [-0.1, -0.05) is 15.9 Å². The lowest BCUT2D eigenvalue weighted by atomic mass is 10.0. The van der Waals surface area contributed by atoms with Crippen molar-refractivity contribution in [3.05, 3.63) is 33.8 Å². The summed E-state index contributed by atoms with van der Waals surface area (Å²) < 4.78 is 43.1. The topological polar surface area (TPSA) is 38.3 Å². The molecule has 1 fully saturated rings. The number of benzene rings is 1. The molecule has 1 heterocycles. The number of halogens is 4. The Bertz CT molecular complexity index is 476. The third kappa shape index (κ3) is 2.77. The molecule has 0 bridgehead atoms. The monoisotopic (exact) mass is 323 g/mol. The third-order valence-corrected chi connectivity index (χ3v) is 3.35. The fraction of sp³-hybridized carbons (Fsp3) is 0.364. The van der Waals surface area contributed by atoms with Crippen molar-refractivity contribution in [2.24, 2.45) is 0 Å². The number of nitrogens with one attached hydrogen (secondary N) is 1. The van der Waals surface area contributed by atoms with E-state index in [1.807, 2.05) is 0 Å². The molecule has 1 N–H and O–H groups in total. The molecule has 3 nitrogen and oxygen atoms in total. The molecule has 0 saturated carbocycles. The van der Waals surface area contributed by atoms with Crippen LogP contribution in [0.4, 0.5) is 18.0 Å². The summed E-state index contributed by atoms with van der Waals surface area (Å²) in [5.41, 5.74) is -0.331. The minimum absolute atomic E-state index is 0.194. The second-order valence-electron chi connectivity index (χ2n) is 3.86. The maximum absolute atomic E-state index is 12.6. The molecule has 0 spiro atoms. The summed E-state index contributed by atoms with van der Waals surface area (Å²) in [4.78, 5) is 11.1. The molecule has 18 heavy (non-hydrogen) atoms. The van der Waals surface area contributed by atoms with Crippen molar-refractivity contribution in [2.75, 3.05) is 6.61 Å². The van der Waals surface area contributed by atoms with Crippen LogP contribution in [0.5, 0.6) is 0 Å². The van der Waals surface area contributed by atoms with E-state index in [2.05, 4.69) is 26.0 Å². The normalized spacial score (nSPS) is 20.2. The molecule has 0 aromatic heterocycles. The van der Waals surface area contributed by atoms with Crippen molar-refractivity contribution < 1.29 is 22.7 Å². The Labute approximate surface area is 109 Å². The van der Waals surface area contributed by atoms with Crippen molar-refractivity contribution in [1.82, 2.24) is 5.32 Å². The molecule has 7 heteroatoms. The Morgan fingerprint density at radius 2 is 2.11 bits per heavy atom. The van der Waals surface area contributed by atoms with E-state index in [1.54, 1.807) is 0 Å². The summed E-state index contributed by atoms with van der Waals surface area (Å²) in [7, 11) is 0. The zero-order valence-corrected chi connectivity index (χ0v) is 10.6. The van der Waals surface area contributed by atoms with E-state index in [9.17, 15) is 18.0 Å². The van der Waals surface area contributed by atoms with E-state index in [4.69, 9.17) is 0 Å². The van der Waals surface area contributed by atoms with E-state index >= 15 is 0 Å². The molecule has 0 aliphatic carbocycles. The van der Waals surface area contributed by atoms with Gasteiger partial charge in [-0.15, -0.1) is 0 Å². The van der Waals surface area contributed by atoms with Gasteiger partial charge in [-0.25, -0.2) is 4.79 Å². The van der Waals surface area contributed by atoms with Gasteiger partial charge in [-0.05, 0) is 23.8 Å². The first-order valence-electron chi connectivity index (χ1n) is 5.18. The number of alkyl halides is 3. The minimum Gasteiger partial charge on any atom is -0.449 e. The Balaban J connectivity index is 2.34. The first-order valence-corrected chi connectivity index (χ1v) is 5.97. The largest absolute Gasteiger partial charge is 0.449 e. The lowest BCUT2D eigenvalue weighted by Crippen LogP contribution is -2.35. The number of amides is 1. The van der Waals surface area contributed by atoms with E-state index < -0.39 is 23.9 Å². The number of cyclic esters (lactones) is 1. The van der Waals surface area contributed by atoms with Gasteiger partial charge in [0, 0.05) is 10.9 Å². The second kappa shape index (κ2) is 4.79. The highest BCUT2D eigenvalue weighted by molar-refractivity contribution is 9.10. The van der Waals surface area contributed by atoms with Gasteiger partial charge in [-0.3, -0.25) is 0 Å². The molecular formula is C11H9BrF3NO2. The van der Waals surface area contributed by atoms with Gasteiger partial charge in [-0.2, -0.15) is 13.2 Å². The van der Waals surface area contributed by atoms with Crippen molar-refractivity contribution in [1.29, 1.82) is 0 Å². The summed E-state index contributed by atoms with van der Waals surface area (Å²) in [5, 5.41) is 2.49. The van der Waals surface area contributed by atoms with Gasteiger partial charge in [0.2, 0.25) is 0 Å². The van der Waals surface area contributed by atoms with Crippen molar-refractivity contribution >= 4 is 22.0 Å². The molecule has 0 radical (unpaired) electrons. The van der Waals surface area contributed by atoms with Gasteiger partial charge >= 0.3 is 12.3 Å². The lowest BCUT2D eigenvalue weighted by Gasteiger charge is -2.25. The highest BCUT2D eigenvalue weighted by Crippen LogP contribution is 2.35. The number of ether oxygens (including phenoxy) is 1. The maximum Gasteiger partial charge on any atom is 0.416 e. The number of alkyl carbamates (subject to hydrolysis) is 1. The SMILES string of the molecule is O=C1N[C@@H](c2cc(C(F)(F)F)ccc2Br)CCO1. The Morgan fingerprint density at radius 3 is 2.72 bits per heavy atom. The van der Waals surface area contributed by atoms with Crippen molar-refractivity contribution in [2.45, 2.75) is 18.6 Å². The van der Waals surface area contributed by atoms with E-state index in [0.29, 0.717) is 16.5 Å². The van der Waals surface area contributed by atoms with E-state index in [-0.39, 0.29) is 6.61 Å². The molecule has 1 amide bonds. The first-order chi connectivity index (χ1) is 8.38. The molecular weight excluding hydrogens is 315 g/mol. The average Bonchev–Trinajstić information content (AvgIpc) is 2.28. The molecule has 1 aromatic carbocycles. The minimum atomic E-state index is -4.40. The number of hydrogen-bond donors (Lipinski definition) is 1. The number of hydrogen-bond acceptors (Lipinski definition) is 2. The Morgan fingerprint density at radius 1 is 1.39 bits per heavy atom. The Hall–Kier alpha value is -1.24. The zero-order chi connectivity index (χ0) is 13.3. The molecule has 0 unspecified atom stereocenters. The molecule has 1 aromatic rings. The molecule has 98 valence electrons. The van der Waals surface area contributed by atoms with Gasteiger partial charge in [0.15, 0.2) is 0 Å². The highest BCUT2D eigenvalue weighted by atomic mass is 79.9. The lowest BCUT2D eigenvalue weighted by molar-refractivity contribution is -0.137. The van der Waals surface area contributed by atoms with Crippen LogP contribution in [0.3, 0.4) is 0 Å². The summed E-state index contributed by atoms with van der Waals surface area (Å²) in [5.74, 6) is 0. The molecule has 1 atom stereocenters. The van der Waals surface area contributed by atoms with E-state index in [1.165, 1.54) is 6.07 Å². The predicted molar refractivity (Wildman–Crippen MR) is 61.0 cm³/mol. The van der Waals surface area contributed by atoms with Gasteiger partial charge < -0.3 is 10.1 Å². The van der Waals surface area contributed by atoms with Crippen LogP contribution in [0.2, 0.25) is 0 Å². The van der Waals surface area contributed by atoms with E-state index in [0.717, 1.165) is 12.1 Å². The summed E-state index contributed by atoms with van der Waals surface area (Å²) in [6.45, 7) is 0.194. The second-order valence-corrected chi connectivity index (χ2v) is 4.71. The number of rotatable bonds is 1. The standard InChI is InChI=1S/C11H9BrF3NO2/c12-8-2-1-6(11(13,14)15)5-7(8)9-3-4-18-10(17)16-9/h1-2,5,9H,3-4H2,(H,16,17)/t9-/m1/s1. The Kier molecular flexibility index (Phi) is 3.52. The maximum atomic E-state index is 12.6. The van der Waals surface area contributed by atoms with Crippen molar-refractivity contribution in [3.63, 3.8) is 0 Å². The summed E-state index contributed by atoms with van der Waals surface area (Å²) in [6.07, 6.45) is -4.58. The van der Waals surface area contributed by atoms with Crippen LogP contribution >= 0.6 is 15.9 Å². The van der Waals surface area contributed by atoms with Gasteiger partial charge in [0.25, 0.3) is 0 Å². The number of carbonyl (C=O) groups excluding carboxylic acids is 1. The van der Waals surface area contributed by atoms with Gasteiger partial charge in [0.1, 0.15) is 0 Å². The van der Waals surface area contributed by atoms with Crippen LogP contribution in [-0.4, -0.2) is 12.7 Å². The summed E-state index contributed by atoms with van der Waals surface area (Å²) >= 11 is 3.19. The fourth-order valence-corrected chi connectivity index (χ4v) is 2.27. The third-order valence-electron chi connectivity index (χ3n) is 2.63. The van der Waals surface area contributed by atoms with Crippen molar-refractivity contribution in [3.8, 4) is 0 Å². The fourth-order valence-electron chi connectivity index (χ4n) is 1.75. The number of carbonyl (C=O) groups is 1. The predicted octanol–water partition coefficient (Wildman–Crippen LogP) is 3.64. The zero-order valence-electron chi connectivity index (χ0n) is 9.05. The van der Waals surface area contributed by atoms with Crippen LogP contribution in [0.25, 0.3) is 0 Å². The summed E-state index contributed by atoms with van der Waals surface area (Å²) in [6, 6.07) is 2.90. The van der Waals surface area contributed by atoms with Crippen LogP contribution in [0, 0.1) is 0 Å².